The molecule has 2 aromatic rings. The molecule has 158 valence electrons. The fourth-order valence-electron chi connectivity index (χ4n) is 3.58. The number of aromatic nitrogens is 2. The highest BCUT2D eigenvalue weighted by atomic mass is 32.2. The summed E-state index contributed by atoms with van der Waals surface area (Å²) in [7, 11) is 1.65. The van der Waals surface area contributed by atoms with Gasteiger partial charge in [0.05, 0.1) is 18.8 Å². The first-order chi connectivity index (χ1) is 14.0. The molecule has 0 saturated heterocycles. The molecule has 1 aromatic carbocycles. The minimum Gasteiger partial charge on any atom is -0.497 e. The summed E-state index contributed by atoms with van der Waals surface area (Å²) < 4.78 is 11.0. The van der Waals surface area contributed by atoms with Gasteiger partial charge in [-0.3, -0.25) is 4.79 Å². The maximum Gasteiger partial charge on any atom is 0.277 e. The number of methoxy groups -OCH3 is 1. The van der Waals surface area contributed by atoms with Crippen molar-refractivity contribution in [3.05, 3.63) is 35.7 Å². The smallest absolute Gasteiger partial charge is 0.277 e. The van der Waals surface area contributed by atoms with Gasteiger partial charge in [0, 0.05) is 6.04 Å². The maximum absolute atomic E-state index is 12.9. The number of amides is 1. The molecule has 0 radical (unpaired) electrons. The van der Waals surface area contributed by atoms with Crippen molar-refractivity contribution < 1.29 is 13.9 Å². The van der Waals surface area contributed by atoms with E-state index in [4.69, 9.17) is 9.15 Å². The highest BCUT2D eigenvalue weighted by Gasteiger charge is 2.28. The molecule has 0 aliphatic heterocycles. The minimum absolute atomic E-state index is 0.0757. The van der Waals surface area contributed by atoms with Crippen molar-refractivity contribution in [1.82, 2.24) is 15.5 Å². The van der Waals surface area contributed by atoms with Crippen LogP contribution in [0.25, 0.3) is 0 Å². The second kappa shape index (κ2) is 10.7. The largest absolute Gasteiger partial charge is 0.497 e. The number of nitrogens with zero attached hydrogens (tertiary/aromatic N) is 2. The SMILES string of the molecule is COc1ccc(Cc2nnc(SC(C(=O)NC3CCCCCC3)C(C)C)o2)cc1. The standard InChI is InChI=1S/C22H31N3O3S/c1-15(2)20(21(26)23-17-8-6-4-5-7-9-17)29-22-25-24-19(28-22)14-16-10-12-18(27-3)13-11-16/h10-13,15,17,20H,4-9,14H2,1-3H3,(H,23,26). The summed E-state index contributed by atoms with van der Waals surface area (Å²) in [6, 6.07) is 8.07. The van der Waals surface area contributed by atoms with E-state index in [1.165, 1.54) is 37.4 Å². The lowest BCUT2D eigenvalue weighted by atomic mass is 10.1. The Morgan fingerprint density at radius 1 is 1.17 bits per heavy atom. The van der Waals surface area contributed by atoms with E-state index in [1.807, 2.05) is 24.3 Å². The predicted molar refractivity (Wildman–Crippen MR) is 114 cm³/mol. The third-order valence-electron chi connectivity index (χ3n) is 5.26. The van der Waals surface area contributed by atoms with E-state index in [0.29, 0.717) is 23.6 Å². The zero-order valence-electron chi connectivity index (χ0n) is 17.5. The summed E-state index contributed by atoms with van der Waals surface area (Å²) in [5.41, 5.74) is 1.07. The lowest BCUT2D eigenvalue weighted by Crippen LogP contribution is -2.41. The zero-order chi connectivity index (χ0) is 20.6. The summed E-state index contributed by atoms with van der Waals surface area (Å²) in [5.74, 6) is 1.61. The van der Waals surface area contributed by atoms with Crippen LogP contribution >= 0.6 is 11.8 Å². The summed E-state index contributed by atoms with van der Waals surface area (Å²) >= 11 is 1.36. The number of thioether (sulfide) groups is 1. The van der Waals surface area contributed by atoms with Gasteiger partial charge in [0.1, 0.15) is 5.75 Å². The monoisotopic (exact) mass is 417 g/mol. The number of nitrogens with one attached hydrogen (secondary N) is 1. The molecule has 1 saturated carbocycles. The third kappa shape index (κ3) is 6.49. The van der Waals surface area contributed by atoms with Gasteiger partial charge in [-0.05, 0) is 36.5 Å². The quantitative estimate of drug-likeness (QED) is 0.499. The number of carbonyl (C=O) groups excluding carboxylic acids is 1. The fourth-order valence-corrected chi connectivity index (χ4v) is 4.48. The molecule has 7 heteroatoms. The van der Waals surface area contributed by atoms with Crippen molar-refractivity contribution in [3.8, 4) is 5.75 Å². The van der Waals surface area contributed by atoms with E-state index in [2.05, 4.69) is 29.4 Å². The van der Waals surface area contributed by atoms with Crippen molar-refractivity contribution in [2.75, 3.05) is 7.11 Å². The van der Waals surface area contributed by atoms with Crippen LogP contribution in [0.2, 0.25) is 0 Å². The van der Waals surface area contributed by atoms with E-state index in [0.717, 1.165) is 24.2 Å². The Hall–Kier alpha value is -2.02. The second-order valence-corrected chi connectivity index (χ2v) is 9.06. The Balaban J connectivity index is 1.59. The van der Waals surface area contributed by atoms with Gasteiger partial charge in [0.2, 0.25) is 11.8 Å². The van der Waals surface area contributed by atoms with Gasteiger partial charge < -0.3 is 14.5 Å². The van der Waals surface area contributed by atoms with E-state index in [-0.39, 0.29) is 17.1 Å². The summed E-state index contributed by atoms with van der Waals surface area (Å²) in [4.78, 5) is 12.9. The van der Waals surface area contributed by atoms with Gasteiger partial charge in [-0.2, -0.15) is 0 Å². The van der Waals surface area contributed by atoms with Crippen LogP contribution in [0.1, 0.15) is 63.8 Å². The molecule has 1 fully saturated rings. The molecule has 0 spiro atoms. The molecule has 0 bridgehead atoms. The first kappa shape index (κ1) is 21.7. The van der Waals surface area contributed by atoms with Crippen molar-refractivity contribution >= 4 is 17.7 Å². The average Bonchev–Trinajstić information content (AvgIpc) is 2.99. The second-order valence-electron chi connectivity index (χ2n) is 7.97. The van der Waals surface area contributed by atoms with Crippen LogP contribution in [0, 0.1) is 5.92 Å². The van der Waals surface area contributed by atoms with Crippen LogP contribution in [0.15, 0.2) is 33.9 Å². The number of ether oxygens (including phenoxy) is 1. The first-order valence-corrected chi connectivity index (χ1v) is 11.4. The van der Waals surface area contributed by atoms with Gasteiger partial charge in [-0.1, -0.05) is 63.4 Å². The van der Waals surface area contributed by atoms with Crippen LogP contribution < -0.4 is 10.1 Å². The van der Waals surface area contributed by atoms with Gasteiger partial charge >= 0.3 is 0 Å². The van der Waals surface area contributed by atoms with Gasteiger partial charge in [0.25, 0.3) is 5.22 Å². The molecule has 1 aliphatic rings. The van der Waals surface area contributed by atoms with Crippen LogP contribution in [-0.4, -0.2) is 34.5 Å². The number of hydrogen-bond donors (Lipinski definition) is 1. The molecular formula is C22H31N3O3S. The third-order valence-corrected chi connectivity index (χ3v) is 6.63. The summed E-state index contributed by atoms with van der Waals surface area (Å²) in [5, 5.41) is 11.8. The van der Waals surface area contributed by atoms with Crippen molar-refractivity contribution in [2.24, 2.45) is 5.92 Å². The van der Waals surface area contributed by atoms with E-state index in [1.54, 1.807) is 7.11 Å². The highest BCUT2D eigenvalue weighted by Crippen LogP contribution is 2.29. The van der Waals surface area contributed by atoms with Crippen LogP contribution in [0.4, 0.5) is 0 Å². The van der Waals surface area contributed by atoms with E-state index >= 15 is 0 Å². The molecule has 29 heavy (non-hydrogen) atoms. The minimum atomic E-state index is -0.243. The van der Waals surface area contributed by atoms with E-state index < -0.39 is 0 Å². The van der Waals surface area contributed by atoms with Crippen LogP contribution in [-0.2, 0) is 11.2 Å². The maximum atomic E-state index is 12.9. The highest BCUT2D eigenvalue weighted by molar-refractivity contribution is 8.00. The number of hydrogen-bond acceptors (Lipinski definition) is 6. The molecule has 1 amide bonds. The zero-order valence-corrected chi connectivity index (χ0v) is 18.3. The fraction of sp³-hybridized carbons (Fsp3) is 0.591. The number of benzene rings is 1. The topological polar surface area (TPSA) is 77.2 Å². The van der Waals surface area contributed by atoms with Crippen LogP contribution in [0.5, 0.6) is 5.75 Å². The molecule has 1 aromatic heterocycles. The van der Waals surface area contributed by atoms with E-state index in [9.17, 15) is 4.79 Å². The van der Waals surface area contributed by atoms with Gasteiger partial charge in [0.15, 0.2) is 0 Å². The molecule has 1 unspecified atom stereocenters. The Bertz CT molecular complexity index is 768. The van der Waals surface area contributed by atoms with Gasteiger partial charge in [-0.15, -0.1) is 10.2 Å². The number of rotatable bonds is 8. The average molecular weight is 418 g/mol. The van der Waals surface area contributed by atoms with Crippen molar-refractivity contribution in [1.29, 1.82) is 0 Å². The molecular weight excluding hydrogens is 386 g/mol. The van der Waals surface area contributed by atoms with Crippen molar-refractivity contribution in [3.63, 3.8) is 0 Å². The molecule has 6 nitrogen and oxygen atoms in total. The summed E-state index contributed by atoms with van der Waals surface area (Å²) in [6.07, 6.45) is 7.65. The Kier molecular flexibility index (Phi) is 7.98. The Labute approximate surface area is 177 Å². The Morgan fingerprint density at radius 3 is 2.48 bits per heavy atom. The van der Waals surface area contributed by atoms with Crippen molar-refractivity contribution in [2.45, 2.75) is 75.3 Å². The molecule has 1 atom stereocenters. The number of carbonyl (C=O) groups is 1. The summed E-state index contributed by atoms with van der Waals surface area (Å²) in [6.45, 7) is 4.11. The molecule has 1 aliphatic carbocycles. The molecule has 3 rings (SSSR count). The molecule has 1 N–H and O–H groups in total. The predicted octanol–water partition coefficient (Wildman–Crippen LogP) is 4.62. The normalized spacial score (nSPS) is 16.4. The molecule has 1 heterocycles. The lowest BCUT2D eigenvalue weighted by Gasteiger charge is -2.22. The first-order valence-electron chi connectivity index (χ1n) is 10.5. The Morgan fingerprint density at radius 2 is 1.86 bits per heavy atom. The lowest BCUT2D eigenvalue weighted by molar-refractivity contribution is -0.122. The van der Waals surface area contributed by atoms with Crippen LogP contribution in [0.3, 0.4) is 0 Å². The van der Waals surface area contributed by atoms with Gasteiger partial charge in [-0.25, -0.2) is 0 Å².